The summed E-state index contributed by atoms with van der Waals surface area (Å²) in [4.78, 5) is 15.3. The van der Waals surface area contributed by atoms with Crippen LogP contribution in [0.4, 0.5) is 11.8 Å². The zero-order valence-electron chi connectivity index (χ0n) is 14.5. The van der Waals surface area contributed by atoms with Crippen molar-refractivity contribution in [1.82, 2.24) is 15.0 Å². The van der Waals surface area contributed by atoms with Crippen molar-refractivity contribution >= 4 is 11.8 Å². The predicted molar refractivity (Wildman–Crippen MR) is 102 cm³/mol. The van der Waals surface area contributed by atoms with Crippen LogP contribution in [0, 0.1) is 0 Å². The first-order chi connectivity index (χ1) is 12.8. The van der Waals surface area contributed by atoms with E-state index in [9.17, 15) is 0 Å². The quantitative estimate of drug-likeness (QED) is 0.771. The van der Waals surface area contributed by atoms with Gasteiger partial charge in [0.2, 0.25) is 5.95 Å². The molecule has 1 aliphatic heterocycles. The maximum absolute atomic E-state index is 6.06. The Morgan fingerprint density at radius 1 is 0.885 bits per heavy atom. The molecule has 0 unspecified atom stereocenters. The molecule has 0 bridgehead atoms. The monoisotopic (exact) mass is 347 g/mol. The minimum Gasteiger partial charge on any atom is -0.457 e. The molecule has 1 saturated heterocycles. The smallest absolute Gasteiger partial charge is 0.219 e. The Kier molecular flexibility index (Phi) is 4.64. The largest absolute Gasteiger partial charge is 0.457 e. The zero-order valence-corrected chi connectivity index (χ0v) is 14.5. The lowest BCUT2D eigenvalue weighted by atomic mass is 10.1. The van der Waals surface area contributed by atoms with Crippen LogP contribution >= 0.6 is 0 Å². The van der Waals surface area contributed by atoms with E-state index in [4.69, 9.17) is 15.5 Å². The topological polar surface area (TPSA) is 77.2 Å². The van der Waals surface area contributed by atoms with Gasteiger partial charge in [-0.25, -0.2) is 15.0 Å². The van der Waals surface area contributed by atoms with E-state index in [2.05, 4.69) is 14.9 Å². The van der Waals surface area contributed by atoms with E-state index in [1.165, 1.54) is 19.3 Å². The molecule has 6 heteroatoms. The molecule has 0 saturated carbocycles. The van der Waals surface area contributed by atoms with E-state index in [0.29, 0.717) is 0 Å². The molecule has 0 radical (unpaired) electrons. The van der Waals surface area contributed by atoms with Gasteiger partial charge in [-0.05, 0) is 31.4 Å². The van der Waals surface area contributed by atoms with E-state index >= 15 is 0 Å². The summed E-state index contributed by atoms with van der Waals surface area (Å²) < 4.78 is 6.06. The second-order valence-electron chi connectivity index (χ2n) is 6.34. The fourth-order valence-corrected chi connectivity index (χ4v) is 3.08. The highest BCUT2D eigenvalue weighted by Crippen LogP contribution is 2.31. The number of anilines is 2. The van der Waals surface area contributed by atoms with Crippen molar-refractivity contribution in [3.63, 3.8) is 0 Å². The van der Waals surface area contributed by atoms with Gasteiger partial charge in [0.1, 0.15) is 17.3 Å². The van der Waals surface area contributed by atoms with Gasteiger partial charge in [0.05, 0.1) is 5.69 Å². The number of aromatic nitrogens is 3. The number of nitrogen functional groups attached to an aromatic ring is 1. The summed E-state index contributed by atoms with van der Waals surface area (Å²) in [7, 11) is 0. The number of nitrogens with two attached hydrogens (primary N) is 1. The van der Waals surface area contributed by atoms with Crippen molar-refractivity contribution in [2.75, 3.05) is 23.7 Å². The molecule has 3 aromatic rings. The molecule has 2 aromatic heterocycles. The summed E-state index contributed by atoms with van der Waals surface area (Å²) in [5.74, 6) is 2.72. The normalized spacial score (nSPS) is 14.2. The Balaban J connectivity index is 1.72. The van der Waals surface area contributed by atoms with Crippen LogP contribution in [0.1, 0.15) is 19.3 Å². The molecule has 0 spiro atoms. The van der Waals surface area contributed by atoms with Gasteiger partial charge in [-0.2, -0.15) is 0 Å². The van der Waals surface area contributed by atoms with Crippen molar-refractivity contribution in [1.29, 1.82) is 0 Å². The standard InChI is InChI=1S/C20H21N5O/c21-20-22-13-15(14-23-20)18-11-17(26-16-7-3-1-4-8-16)12-19(24-18)25-9-5-2-6-10-25/h1,3-4,7-8,11-14H,2,5-6,9-10H2,(H2,21,22,23). The SMILES string of the molecule is Nc1ncc(-c2cc(Oc3ccccc3)cc(N3CCCCC3)n2)cn1. The van der Waals surface area contributed by atoms with Crippen LogP contribution < -0.4 is 15.4 Å². The van der Waals surface area contributed by atoms with Gasteiger partial charge in [0.25, 0.3) is 0 Å². The van der Waals surface area contributed by atoms with E-state index < -0.39 is 0 Å². The Morgan fingerprint density at radius 3 is 2.35 bits per heavy atom. The van der Waals surface area contributed by atoms with Crippen LogP contribution in [0.25, 0.3) is 11.3 Å². The highest BCUT2D eigenvalue weighted by Gasteiger charge is 2.15. The molecule has 0 aliphatic carbocycles. The third-order valence-electron chi connectivity index (χ3n) is 4.41. The number of ether oxygens (including phenoxy) is 1. The molecule has 6 nitrogen and oxygen atoms in total. The number of hydrogen-bond donors (Lipinski definition) is 1. The maximum Gasteiger partial charge on any atom is 0.219 e. The Bertz CT molecular complexity index is 861. The van der Waals surface area contributed by atoms with Gasteiger partial charge in [-0.15, -0.1) is 0 Å². The average molecular weight is 347 g/mol. The second kappa shape index (κ2) is 7.39. The van der Waals surface area contributed by atoms with Crippen LogP contribution in [0.3, 0.4) is 0 Å². The van der Waals surface area contributed by atoms with Crippen LogP contribution in [0.5, 0.6) is 11.5 Å². The van der Waals surface area contributed by atoms with Gasteiger partial charge in [0, 0.05) is 43.2 Å². The third kappa shape index (κ3) is 3.74. The van der Waals surface area contributed by atoms with Crippen LogP contribution in [-0.2, 0) is 0 Å². The molecule has 0 amide bonds. The first-order valence-corrected chi connectivity index (χ1v) is 8.86. The third-order valence-corrected chi connectivity index (χ3v) is 4.41. The molecule has 132 valence electrons. The predicted octanol–water partition coefficient (Wildman–Crippen LogP) is 3.90. The molecule has 1 fully saturated rings. The highest BCUT2D eigenvalue weighted by molar-refractivity contribution is 5.63. The van der Waals surface area contributed by atoms with Crippen molar-refractivity contribution in [2.24, 2.45) is 0 Å². The molecule has 1 aromatic carbocycles. The minimum atomic E-state index is 0.252. The van der Waals surface area contributed by atoms with Crippen molar-refractivity contribution in [3.8, 4) is 22.8 Å². The number of rotatable bonds is 4. The van der Waals surface area contributed by atoms with Crippen LogP contribution in [0.15, 0.2) is 54.9 Å². The lowest BCUT2D eigenvalue weighted by Gasteiger charge is -2.28. The Hall–Kier alpha value is -3.15. The number of para-hydroxylation sites is 1. The molecule has 0 atom stereocenters. The number of piperidine rings is 1. The molecule has 2 N–H and O–H groups in total. The summed E-state index contributed by atoms with van der Waals surface area (Å²) >= 11 is 0. The molecular weight excluding hydrogens is 326 g/mol. The van der Waals surface area contributed by atoms with Gasteiger partial charge in [0.15, 0.2) is 0 Å². The van der Waals surface area contributed by atoms with E-state index in [1.807, 2.05) is 42.5 Å². The molecule has 26 heavy (non-hydrogen) atoms. The van der Waals surface area contributed by atoms with Gasteiger partial charge in [-0.1, -0.05) is 18.2 Å². The average Bonchev–Trinajstić information content (AvgIpc) is 2.70. The van der Waals surface area contributed by atoms with Crippen LogP contribution in [0.2, 0.25) is 0 Å². The van der Waals surface area contributed by atoms with E-state index in [-0.39, 0.29) is 5.95 Å². The van der Waals surface area contributed by atoms with Gasteiger partial charge < -0.3 is 15.4 Å². The number of hydrogen-bond acceptors (Lipinski definition) is 6. The zero-order chi connectivity index (χ0) is 17.8. The first kappa shape index (κ1) is 16.3. The second-order valence-corrected chi connectivity index (χ2v) is 6.34. The lowest BCUT2D eigenvalue weighted by molar-refractivity contribution is 0.481. The highest BCUT2D eigenvalue weighted by atomic mass is 16.5. The number of pyridine rings is 1. The first-order valence-electron chi connectivity index (χ1n) is 8.86. The maximum atomic E-state index is 6.06. The lowest BCUT2D eigenvalue weighted by Crippen LogP contribution is -2.30. The fraction of sp³-hybridized carbons (Fsp3) is 0.250. The van der Waals surface area contributed by atoms with E-state index in [1.54, 1.807) is 12.4 Å². The molecule has 1 aliphatic rings. The van der Waals surface area contributed by atoms with E-state index in [0.717, 1.165) is 41.7 Å². The molecule has 3 heterocycles. The van der Waals surface area contributed by atoms with Gasteiger partial charge >= 0.3 is 0 Å². The van der Waals surface area contributed by atoms with Crippen LogP contribution in [-0.4, -0.2) is 28.0 Å². The number of benzene rings is 1. The summed E-state index contributed by atoms with van der Waals surface area (Å²) in [6.45, 7) is 2.03. The van der Waals surface area contributed by atoms with Crippen molar-refractivity contribution in [2.45, 2.75) is 19.3 Å². The summed E-state index contributed by atoms with van der Waals surface area (Å²) in [6.07, 6.45) is 7.03. The molecular formula is C20H21N5O. The van der Waals surface area contributed by atoms with Crippen molar-refractivity contribution in [3.05, 3.63) is 54.9 Å². The summed E-state index contributed by atoms with van der Waals surface area (Å²) in [5.41, 5.74) is 7.20. The summed E-state index contributed by atoms with van der Waals surface area (Å²) in [5, 5.41) is 0. The molecule has 4 rings (SSSR count). The Morgan fingerprint density at radius 2 is 1.62 bits per heavy atom. The Labute approximate surface area is 152 Å². The summed E-state index contributed by atoms with van der Waals surface area (Å²) in [6, 6.07) is 13.7. The minimum absolute atomic E-state index is 0.252. The van der Waals surface area contributed by atoms with Crippen molar-refractivity contribution < 1.29 is 4.74 Å². The fourth-order valence-electron chi connectivity index (χ4n) is 3.08. The van der Waals surface area contributed by atoms with Gasteiger partial charge in [-0.3, -0.25) is 0 Å². The number of nitrogens with zero attached hydrogens (tertiary/aromatic N) is 4.